The van der Waals surface area contributed by atoms with Gasteiger partial charge in [0.1, 0.15) is 18.0 Å². The van der Waals surface area contributed by atoms with E-state index in [1.165, 1.54) is 31.7 Å². The number of benzene rings is 1. The van der Waals surface area contributed by atoms with E-state index in [0.717, 1.165) is 30.8 Å². The van der Waals surface area contributed by atoms with Gasteiger partial charge in [0.15, 0.2) is 11.6 Å². The molecule has 116 valence electrons. The second-order valence-electron chi connectivity index (χ2n) is 5.52. The van der Waals surface area contributed by atoms with Crippen molar-refractivity contribution in [3.05, 3.63) is 42.2 Å². The normalized spacial score (nSPS) is 15.5. The van der Waals surface area contributed by atoms with E-state index in [2.05, 4.69) is 20.6 Å². The van der Waals surface area contributed by atoms with Crippen LogP contribution in [0.25, 0.3) is 0 Å². The van der Waals surface area contributed by atoms with Crippen LogP contribution < -0.4 is 10.6 Å². The van der Waals surface area contributed by atoms with Gasteiger partial charge >= 0.3 is 0 Å². The number of halogens is 2. The molecular weight excluding hydrogens is 286 g/mol. The molecule has 0 radical (unpaired) electrons. The zero-order valence-electron chi connectivity index (χ0n) is 12.1. The van der Waals surface area contributed by atoms with Gasteiger partial charge in [-0.15, -0.1) is 0 Å². The summed E-state index contributed by atoms with van der Waals surface area (Å²) in [7, 11) is 0. The second-order valence-corrected chi connectivity index (χ2v) is 5.52. The summed E-state index contributed by atoms with van der Waals surface area (Å²) in [5, 5.41) is 6.35. The second kappa shape index (κ2) is 6.68. The van der Waals surface area contributed by atoms with Gasteiger partial charge in [0.2, 0.25) is 0 Å². The lowest BCUT2D eigenvalue weighted by atomic mass is 9.95. The maximum atomic E-state index is 13.2. The molecule has 1 aliphatic rings. The molecule has 1 fully saturated rings. The third kappa shape index (κ3) is 3.69. The number of rotatable bonds is 4. The molecule has 1 aromatic heterocycles. The summed E-state index contributed by atoms with van der Waals surface area (Å²) in [6.45, 7) is 0. The van der Waals surface area contributed by atoms with Crippen LogP contribution in [0.1, 0.15) is 32.1 Å². The molecule has 0 unspecified atom stereocenters. The van der Waals surface area contributed by atoms with Crippen molar-refractivity contribution in [1.82, 2.24) is 9.97 Å². The summed E-state index contributed by atoms with van der Waals surface area (Å²) in [4.78, 5) is 8.31. The highest BCUT2D eigenvalue weighted by molar-refractivity contribution is 5.58. The first kappa shape index (κ1) is 14.7. The van der Waals surface area contributed by atoms with Crippen LogP contribution in [-0.2, 0) is 0 Å². The van der Waals surface area contributed by atoms with E-state index in [-0.39, 0.29) is 0 Å². The molecule has 22 heavy (non-hydrogen) atoms. The molecule has 1 aromatic carbocycles. The molecule has 1 heterocycles. The Morgan fingerprint density at radius 3 is 2.45 bits per heavy atom. The Labute approximate surface area is 128 Å². The minimum atomic E-state index is -0.889. The maximum Gasteiger partial charge on any atom is 0.160 e. The minimum absolute atomic E-state index is 0.444. The van der Waals surface area contributed by atoms with Crippen molar-refractivity contribution < 1.29 is 8.78 Å². The van der Waals surface area contributed by atoms with Gasteiger partial charge in [-0.1, -0.05) is 19.3 Å². The summed E-state index contributed by atoms with van der Waals surface area (Å²) in [5.41, 5.74) is 0.446. The molecule has 0 saturated heterocycles. The van der Waals surface area contributed by atoms with Crippen molar-refractivity contribution in [3.8, 4) is 0 Å². The quantitative estimate of drug-likeness (QED) is 0.887. The van der Waals surface area contributed by atoms with Crippen LogP contribution in [0.3, 0.4) is 0 Å². The van der Waals surface area contributed by atoms with Crippen LogP contribution >= 0.6 is 0 Å². The van der Waals surface area contributed by atoms with E-state index in [0.29, 0.717) is 17.5 Å². The molecule has 1 saturated carbocycles. The van der Waals surface area contributed by atoms with Gasteiger partial charge in [-0.05, 0) is 25.0 Å². The lowest BCUT2D eigenvalue weighted by molar-refractivity contribution is 0.462. The average Bonchev–Trinajstić information content (AvgIpc) is 2.52. The van der Waals surface area contributed by atoms with Gasteiger partial charge in [-0.3, -0.25) is 0 Å². The van der Waals surface area contributed by atoms with E-state index >= 15 is 0 Å². The van der Waals surface area contributed by atoms with Gasteiger partial charge in [0.05, 0.1) is 0 Å². The Bertz CT molecular complexity index is 642. The molecule has 6 heteroatoms. The number of aromatic nitrogens is 2. The summed E-state index contributed by atoms with van der Waals surface area (Å²) in [6, 6.07) is 5.87. The zero-order chi connectivity index (χ0) is 15.4. The lowest BCUT2D eigenvalue weighted by Gasteiger charge is -2.23. The molecule has 2 N–H and O–H groups in total. The van der Waals surface area contributed by atoms with Gasteiger partial charge in [-0.25, -0.2) is 18.7 Å². The summed E-state index contributed by atoms with van der Waals surface area (Å²) in [5.74, 6) is -0.473. The Kier molecular flexibility index (Phi) is 4.46. The van der Waals surface area contributed by atoms with E-state index in [4.69, 9.17) is 0 Å². The summed E-state index contributed by atoms with van der Waals surface area (Å²) < 4.78 is 26.1. The lowest BCUT2D eigenvalue weighted by Crippen LogP contribution is -2.22. The van der Waals surface area contributed by atoms with E-state index in [1.54, 1.807) is 6.07 Å². The molecule has 3 rings (SSSR count). The molecule has 2 aromatic rings. The first-order chi connectivity index (χ1) is 10.7. The topological polar surface area (TPSA) is 49.8 Å². The fourth-order valence-corrected chi connectivity index (χ4v) is 2.68. The molecular formula is C16H18F2N4. The number of hydrogen-bond donors (Lipinski definition) is 2. The van der Waals surface area contributed by atoms with Crippen molar-refractivity contribution in [2.75, 3.05) is 10.6 Å². The summed E-state index contributed by atoms with van der Waals surface area (Å²) >= 11 is 0. The highest BCUT2D eigenvalue weighted by Crippen LogP contribution is 2.22. The molecule has 0 spiro atoms. The Balaban J connectivity index is 1.68. The van der Waals surface area contributed by atoms with Crippen LogP contribution in [0.4, 0.5) is 26.1 Å². The third-order valence-corrected chi connectivity index (χ3v) is 3.82. The molecule has 1 aliphatic carbocycles. The van der Waals surface area contributed by atoms with Crippen LogP contribution in [0, 0.1) is 11.6 Å². The number of nitrogens with zero attached hydrogens (tertiary/aromatic N) is 2. The highest BCUT2D eigenvalue weighted by atomic mass is 19.2. The Morgan fingerprint density at radius 1 is 0.909 bits per heavy atom. The standard InChI is InChI=1S/C16H18F2N4/c17-13-7-6-12(8-14(13)18)22-16-9-15(19-10-20-16)21-11-4-2-1-3-5-11/h6-11H,1-5H2,(H2,19,20,21,22). The largest absolute Gasteiger partial charge is 0.367 e. The predicted molar refractivity (Wildman–Crippen MR) is 82.2 cm³/mol. The summed E-state index contributed by atoms with van der Waals surface area (Å²) in [6.07, 6.45) is 7.52. The average molecular weight is 304 g/mol. The van der Waals surface area contributed by atoms with Crippen molar-refractivity contribution >= 4 is 17.3 Å². The number of nitrogens with one attached hydrogen (secondary N) is 2. The highest BCUT2D eigenvalue weighted by Gasteiger charge is 2.13. The first-order valence-corrected chi connectivity index (χ1v) is 7.51. The monoisotopic (exact) mass is 304 g/mol. The van der Waals surface area contributed by atoms with Crippen LogP contribution in [0.15, 0.2) is 30.6 Å². The Hall–Kier alpha value is -2.24. The van der Waals surface area contributed by atoms with Crippen molar-refractivity contribution in [1.29, 1.82) is 0 Å². The van der Waals surface area contributed by atoms with Crippen molar-refractivity contribution in [2.45, 2.75) is 38.1 Å². The number of hydrogen-bond acceptors (Lipinski definition) is 4. The van der Waals surface area contributed by atoms with Crippen molar-refractivity contribution in [2.24, 2.45) is 0 Å². The fourth-order valence-electron chi connectivity index (χ4n) is 2.68. The van der Waals surface area contributed by atoms with E-state index < -0.39 is 11.6 Å². The van der Waals surface area contributed by atoms with Gasteiger partial charge < -0.3 is 10.6 Å². The Morgan fingerprint density at radius 2 is 1.68 bits per heavy atom. The molecule has 0 bridgehead atoms. The van der Waals surface area contributed by atoms with Crippen LogP contribution in [0.2, 0.25) is 0 Å². The fraction of sp³-hybridized carbons (Fsp3) is 0.375. The molecule has 0 atom stereocenters. The minimum Gasteiger partial charge on any atom is -0.367 e. The number of anilines is 3. The van der Waals surface area contributed by atoms with Crippen molar-refractivity contribution in [3.63, 3.8) is 0 Å². The van der Waals surface area contributed by atoms with E-state index in [9.17, 15) is 8.78 Å². The van der Waals surface area contributed by atoms with Gasteiger partial charge in [-0.2, -0.15) is 0 Å². The SMILES string of the molecule is Fc1ccc(Nc2cc(NC3CCCCC3)ncn2)cc1F. The third-order valence-electron chi connectivity index (χ3n) is 3.82. The van der Waals surface area contributed by atoms with Crippen LogP contribution in [0.5, 0.6) is 0 Å². The van der Waals surface area contributed by atoms with Crippen LogP contribution in [-0.4, -0.2) is 16.0 Å². The maximum absolute atomic E-state index is 13.2. The zero-order valence-corrected chi connectivity index (χ0v) is 12.1. The molecule has 0 aliphatic heterocycles. The molecule has 4 nitrogen and oxygen atoms in total. The first-order valence-electron chi connectivity index (χ1n) is 7.51. The van der Waals surface area contributed by atoms with E-state index in [1.807, 2.05) is 0 Å². The predicted octanol–water partition coefficient (Wildman–Crippen LogP) is 4.24. The van der Waals surface area contributed by atoms with Gasteiger partial charge in [0, 0.05) is 23.9 Å². The smallest absolute Gasteiger partial charge is 0.160 e. The molecule has 0 amide bonds. The van der Waals surface area contributed by atoms with Gasteiger partial charge in [0.25, 0.3) is 0 Å².